The van der Waals surface area contributed by atoms with E-state index in [1.807, 2.05) is 0 Å². The number of nitro groups is 1. The fourth-order valence-electron chi connectivity index (χ4n) is 1.16. The molecule has 17 heavy (non-hydrogen) atoms. The highest BCUT2D eigenvalue weighted by molar-refractivity contribution is 9.11. The van der Waals surface area contributed by atoms with Crippen molar-refractivity contribution in [3.63, 3.8) is 0 Å². The molecule has 1 N–H and O–H groups in total. The van der Waals surface area contributed by atoms with E-state index in [0.717, 1.165) is 0 Å². The van der Waals surface area contributed by atoms with Gasteiger partial charge in [-0.2, -0.15) is 0 Å². The Hall–Kier alpha value is -1.89. The summed E-state index contributed by atoms with van der Waals surface area (Å²) in [7, 11) is 1.21. The molecule has 0 heterocycles. The third kappa shape index (κ3) is 3.56. The van der Waals surface area contributed by atoms with Crippen LogP contribution in [0.3, 0.4) is 0 Å². The van der Waals surface area contributed by atoms with Crippen LogP contribution in [-0.2, 0) is 4.74 Å². The van der Waals surface area contributed by atoms with Crippen molar-refractivity contribution < 1.29 is 14.5 Å². The van der Waals surface area contributed by atoms with Gasteiger partial charge in [-0.1, -0.05) is 15.9 Å². The highest BCUT2D eigenvalue weighted by atomic mass is 79.9. The number of rotatable bonds is 3. The quantitative estimate of drug-likeness (QED) is 0.687. The Morgan fingerprint density at radius 2 is 2.29 bits per heavy atom. The highest BCUT2D eigenvalue weighted by Gasteiger charge is 2.13. The molecule has 0 fully saturated rings. The third-order valence-corrected chi connectivity index (χ3v) is 2.17. The zero-order valence-electron chi connectivity index (χ0n) is 8.84. The van der Waals surface area contributed by atoms with Crippen molar-refractivity contribution in [2.45, 2.75) is 0 Å². The van der Waals surface area contributed by atoms with E-state index in [4.69, 9.17) is 0 Å². The summed E-state index contributed by atoms with van der Waals surface area (Å²) in [4.78, 5) is 22.8. The number of nitro benzene ring substituents is 1. The smallest absolute Gasteiger partial charge is 0.411 e. The number of methoxy groups -OCH3 is 1. The fourth-order valence-corrected chi connectivity index (χ4v) is 1.44. The maximum atomic E-state index is 10.9. The summed E-state index contributed by atoms with van der Waals surface area (Å²) >= 11 is 3.05. The number of carbonyl (C=O) groups is 1. The topological polar surface area (TPSA) is 81.5 Å². The minimum atomic E-state index is -0.678. The Morgan fingerprint density at radius 3 is 2.82 bits per heavy atom. The number of hydrogen-bond donors (Lipinski definition) is 1. The molecule has 0 aliphatic heterocycles. The lowest BCUT2D eigenvalue weighted by molar-refractivity contribution is -0.385. The molecular formula is C10H9BrN2O4. The van der Waals surface area contributed by atoms with Gasteiger partial charge in [-0.15, -0.1) is 0 Å². The molecule has 0 aromatic heterocycles. The summed E-state index contributed by atoms with van der Waals surface area (Å²) in [5, 5.41) is 13.2. The lowest BCUT2D eigenvalue weighted by Crippen LogP contribution is -2.11. The predicted molar refractivity (Wildman–Crippen MR) is 67.1 cm³/mol. The van der Waals surface area contributed by atoms with Gasteiger partial charge >= 0.3 is 6.09 Å². The molecule has 1 rings (SSSR count). The van der Waals surface area contributed by atoms with Gasteiger partial charge in [0.2, 0.25) is 0 Å². The third-order valence-electron chi connectivity index (χ3n) is 1.90. The molecule has 7 heteroatoms. The van der Waals surface area contributed by atoms with Crippen LogP contribution in [0.5, 0.6) is 0 Å². The zero-order chi connectivity index (χ0) is 12.8. The Morgan fingerprint density at radius 1 is 1.59 bits per heavy atom. The van der Waals surface area contributed by atoms with Crippen LogP contribution in [0.25, 0.3) is 6.08 Å². The molecule has 90 valence electrons. The van der Waals surface area contributed by atoms with E-state index in [0.29, 0.717) is 11.3 Å². The number of ether oxygens (including phenoxy) is 1. The van der Waals surface area contributed by atoms with Crippen molar-refractivity contribution in [1.29, 1.82) is 0 Å². The lowest BCUT2D eigenvalue weighted by Gasteiger charge is -2.04. The number of halogens is 1. The summed E-state index contributed by atoms with van der Waals surface area (Å²) in [6.45, 7) is 0. The fraction of sp³-hybridized carbons (Fsp3) is 0.100. The molecule has 0 saturated heterocycles. The van der Waals surface area contributed by atoms with Gasteiger partial charge in [0.05, 0.1) is 23.3 Å². The molecular weight excluding hydrogens is 292 g/mol. The summed E-state index contributed by atoms with van der Waals surface area (Å²) in [5.41, 5.74) is 0.632. The standard InChI is InChI=1S/C10H9BrN2O4/c1-17-10(14)12-8-3-2-7(4-5-11)9(6-8)13(15)16/h2-6H,1H3,(H,12,14). The van der Waals surface area contributed by atoms with Crippen LogP contribution in [0, 0.1) is 10.1 Å². The molecule has 1 aromatic rings. The Kier molecular flexibility index (Phi) is 4.65. The number of carbonyl (C=O) groups excluding carboxylic acids is 1. The molecule has 0 spiro atoms. The summed E-state index contributed by atoms with van der Waals surface area (Å²) in [6, 6.07) is 4.34. The molecule has 0 unspecified atom stereocenters. The molecule has 0 aliphatic rings. The number of hydrogen-bond acceptors (Lipinski definition) is 4. The van der Waals surface area contributed by atoms with E-state index in [-0.39, 0.29) is 5.69 Å². The summed E-state index contributed by atoms with van der Waals surface area (Å²) < 4.78 is 4.39. The molecule has 1 amide bonds. The first-order valence-corrected chi connectivity index (χ1v) is 5.40. The van der Waals surface area contributed by atoms with Crippen LogP contribution in [0.15, 0.2) is 23.2 Å². The predicted octanol–water partition coefficient (Wildman–Crippen LogP) is 3.14. The van der Waals surface area contributed by atoms with Crippen molar-refractivity contribution in [1.82, 2.24) is 0 Å². The van der Waals surface area contributed by atoms with Crippen molar-refractivity contribution in [3.05, 3.63) is 38.9 Å². The van der Waals surface area contributed by atoms with Crippen molar-refractivity contribution in [3.8, 4) is 0 Å². The van der Waals surface area contributed by atoms with Gasteiger partial charge in [0.1, 0.15) is 0 Å². The van der Waals surface area contributed by atoms with Crippen LogP contribution < -0.4 is 5.32 Å². The number of anilines is 1. The van der Waals surface area contributed by atoms with E-state index in [1.54, 1.807) is 12.1 Å². The first kappa shape index (κ1) is 13.2. The van der Waals surface area contributed by atoms with E-state index in [9.17, 15) is 14.9 Å². The van der Waals surface area contributed by atoms with Crippen LogP contribution in [-0.4, -0.2) is 18.1 Å². The van der Waals surface area contributed by atoms with Gasteiger partial charge < -0.3 is 4.74 Å². The molecule has 0 atom stereocenters. The molecule has 6 nitrogen and oxygen atoms in total. The monoisotopic (exact) mass is 300 g/mol. The Labute approximate surface area is 106 Å². The second kappa shape index (κ2) is 6.00. The van der Waals surface area contributed by atoms with Gasteiger partial charge in [-0.25, -0.2) is 4.79 Å². The van der Waals surface area contributed by atoms with E-state index >= 15 is 0 Å². The maximum Gasteiger partial charge on any atom is 0.411 e. The van der Waals surface area contributed by atoms with E-state index < -0.39 is 11.0 Å². The van der Waals surface area contributed by atoms with Crippen LogP contribution in [0.4, 0.5) is 16.2 Å². The second-order valence-electron chi connectivity index (χ2n) is 2.94. The van der Waals surface area contributed by atoms with Crippen molar-refractivity contribution >= 4 is 39.5 Å². The first-order valence-electron chi connectivity index (χ1n) is 4.48. The van der Waals surface area contributed by atoms with Crippen molar-refractivity contribution in [2.75, 3.05) is 12.4 Å². The lowest BCUT2D eigenvalue weighted by atomic mass is 10.1. The molecule has 0 bridgehead atoms. The minimum absolute atomic E-state index is 0.102. The Balaban J connectivity index is 3.09. The van der Waals surface area contributed by atoms with E-state index in [1.165, 1.54) is 24.2 Å². The number of nitrogens with zero attached hydrogens (tertiary/aromatic N) is 1. The molecule has 0 radical (unpaired) electrons. The molecule has 0 aliphatic carbocycles. The van der Waals surface area contributed by atoms with Gasteiger partial charge in [0.25, 0.3) is 5.69 Å². The maximum absolute atomic E-state index is 10.9. The highest BCUT2D eigenvalue weighted by Crippen LogP contribution is 2.24. The van der Waals surface area contributed by atoms with Gasteiger partial charge in [0, 0.05) is 6.07 Å². The summed E-state index contributed by atoms with van der Waals surface area (Å²) in [5.74, 6) is 0. The molecule has 1 aromatic carbocycles. The number of amides is 1. The number of nitrogens with one attached hydrogen (secondary N) is 1. The van der Waals surface area contributed by atoms with Crippen LogP contribution in [0.2, 0.25) is 0 Å². The SMILES string of the molecule is COC(=O)Nc1ccc(C=CBr)c([N+](=O)[O-])c1. The van der Waals surface area contributed by atoms with Crippen LogP contribution >= 0.6 is 15.9 Å². The number of benzene rings is 1. The van der Waals surface area contributed by atoms with Crippen molar-refractivity contribution in [2.24, 2.45) is 0 Å². The minimum Gasteiger partial charge on any atom is -0.453 e. The Bertz CT molecular complexity index is 473. The molecule has 0 saturated carbocycles. The average molecular weight is 301 g/mol. The zero-order valence-corrected chi connectivity index (χ0v) is 10.4. The van der Waals surface area contributed by atoms with Gasteiger partial charge in [0.15, 0.2) is 0 Å². The average Bonchev–Trinajstić information content (AvgIpc) is 2.31. The second-order valence-corrected chi connectivity index (χ2v) is 3.47. The van der Waals surface area contributed by atoms with Gasteiger partial charge in [-0.3, -0.25) is 15.4 Å². The van der Waals surface area contributed by atoms with Crippen LogP contribution in [0.1, 0.15) is 5.56 Å². The largest absolute Gasteiger partial charge is 0.453 e. The van der Waals surface area contributed by atoms with Gasteiger partial charge in [-0.05, 0) is 23.2 Å². The normalized spacial score (nSPS) is 10.2. The van der Waals surface area contributed by atoms with E-state index in [2.05, 4.69) is 26.0 Å². The first-order chi connectivity index (χ1) is 8.08. The summed E-state index contributed by atoms with van der Waals surface area (Å²) in [6.07, 6.45) is 0.864.